The molecule has 0 aliphatic carbocycles. The van der Waals surface area contributed by atoms with Crippen LogP contribution in [-0.4, -0.2) is 51.8 Å². The molecule has 0 saturated carbocycles. The van der Waals surface area contributed by atoms with Gasteiger partial charge >= 0.3 is 0 Å². The molecule has 1 saturated heterocycles. The Morgan fingerprint density at radius 2 is 1.72 bits per heavy atom. The number of methoxy groups -OCH3 is 2. The number of carbonyl (C=O) groups is 2. The highest BCUT2D eigenvalue weighted by molar-refractivity contribution is 5.99. The molecule has 0 unspecified atom stereocenters. The van der Waals surface area contributed by atoms with Gasteiger partial charge in [-0.1, -0.05) is 0 Å². The molecule has 2 aliphatic heterocycles. The van der Waals surface area contributed by atoms with E-state index in [0.29, 0.717) is 48.3 Å². The smallest absolute Gasteiger partial charge is 0.251 e. The molecular formula is C21H22N2O6. The van der Waals surface area contributed by atoms with E-state index in [0.717, 1.165) is 5.69 Å². The van der Waals surface area contributed by atoms with Crippen LogP contribution in [0.15, 0.2) is 36.4 Å². The standard InChI is InChI=1S/C21H22N2O6/c1-26-16-7-13(8-17(11-16)27-2)21(25)22-14-9-20(24)23(12-14)15-3-4-18-19(10-15)29-6-5-28-18/h3-4,7-8,10-11,14H,5-6,9,12H2,1-2H3,(H,22,25)/t14-/m1/s1. The van der Waals surface area contributed by atoms with Crippen molar-refractivity contribution in [3.05, 3.63) is 42.0 Å². The predicted molar refractivity (Wildman–Crippen MR) is 105 cm³/mol. The zero-order chi connectivity index (χ0) is 20.4. The van der Waals surface area contributed by atoms with Gasteiger partial charge in [-0.2, -0.15) is 0 Å². The van der Waals surface area contributed by atoms with Crippen LogP contribution in [0.4, 0.5) is 5.69 Å². The molecular weight excluding hydrogens is 376 g/mol. The molecule has 2 aromatic carbocycles. The molecule has 2 heterocycles. The summed E-state index contributed by atoms with van der Waals surface area (Å²) in [6.45, 7) is 1.37. The van der Waals surface area contributed by atoms with Crippen LogP contribution in [0.2, 0.25) is 0 Å². The van der Waals surface area contributed by atoms with Gasteiger partial charge in [0.05, 0.1) is 20.3 Å². The molecule has 0 bridgehead atoms. The predicted octanol–water partition coefficient (Wildman–Crippen LogP) is 2.01. The van der Waals surface area contributed by atoms with Crippen LogP contribution in [0, 0.1) is 0 Å². The van der Waals surface area contributed by atoms with E-state index < -0.39 is 0 Å². The summed E-state index contributed by atoms with van der Waals surface area (Å²) in [5.41, 5.74) is 1.13. The van der Waals surface area contributed by atoms with Crippen molar-refractivity contribution >= 4 is 17.5 Å². The molecule has 29 heavy (non-hydrogen) atoms. The van der Waals surface area contributed by atoms with Gasteiger partial charge in [0.25, 0.3) is 5.91 Å². The number of benzene rings is 2. The van der Waals surface area contributed by atoms with Gasteiger partial charge in [0.2, 0.25) is 5.91 Å². The number of fused-ring (bicyclic) bond motifs is 1. The number of amides is 2. The summed E-state index contributed by atoms with van der Waals surface area (Å²) >= 11 is 0. The van der Waals surface area contributed by atoms with Gasteiger partial charge in [-0.05, 0) is 24.3 Å². The topological polar surface area (TPSA) is 86.3 Å². The highest BCUT2D eigenvalue weighted by atomic mass is 16.6. The van der Waals surface area contributed by atoms with Gasteiger partial charge in [0, 0.05) is 36.3 Å². The van der Waals surface area contributed by atoms with Crippen LogP contribution in [0.1, 0.15) is 16.8 Å². The van der Waals surface area contributed by atoms with E-state index in [9.17, 15) is 9.59 Å². The monoisotopic (exact) mass is 398 g/mol. The zero-order valence-corrected chi connectivity index (χ0v) is 16.3. The number of hydrogen-bond acceptors (Lipinski definition) is 6. The Morgan fingerprint density at radius 3 is 2.41 bits per heavy atom. The Hall–Kier alpha value is -3.42. The fourth-order valence-electron chi connectivity index (χ4n) is 3.46. The summed E-state index contributed by atoms with van der Waals surface area (Å²) < 4.78 is 21.5. The van der Waals surface area contributed by atoms with Gasteiger partial charge in [-0.3, -0.25) is 9.59 Å². The highest BCUT2D eigenvalue weighted by Crippen LogP contribution is 2.35. The van der Waals surface area contributed by atoms with Gasteiger partial charge in [-0.25, -0.2) is 0 Å². The number of ether oxygens (including phenoxy) is 4. The minimum Gasteiger partial charge on any atom is -0.497 e. The molecule has 2 aromatic rings. The lowest BCUT2D eigenvalue weighted by atomic mass is 10.1. The minimum atomic E-state index is -0.305. The molecule has 8 heteroatoms. The van der Waals surface area contributed by atoms with E-state index in [1.807, 2.05) is 6.07 Å². The number of carbonyl (C=O) groups excluding carboxylic acids is 2. The second-order valence-corrected chi connectivity index (χ2v) is 6.81. The second kappa shape index (κ2) is 7.90. The third-order valence-corrected chi connectivity index (χ3v) is 4.91. The van der Waals surface area contributed by atoms with Gasteiger partial charge in [0.1, 0.15) is 24.7 Å². The van der Waals surface area contributed by atoms with Gasteiger partial charge in [0.15, 0.2) is 11.5 Å². The SMILES string of the molecule is COc1cc(OC)cc(C(=O)N[C@@H]2CC(=O)N(c3ccc4c(c3)OCCO4)C2)c1. The van der Waals surface area contributed by atoms with E-state index in [1.54, 1.807) is 35.2 Å². The number of nitrogens with zero attached hydrogens (tertiary/aromatic N) is 1. The van der Waals surface area contributed by atoms with E-state index >= 15 is 0 Å². The molecule has 0 spiro atoms. The van der Waals surface area contributed by atoms with Crippen molar-refractivity contribution in [2.75, 3.05) is 38.9 Å². The fraction of sp³-hybridized carbons (Fsp3) is 0.333. The number of nitrogens with one attached hydrogen (secondary N) is 1. The van der Waals surface area contributed by atoms with E-state index in [2.05, 4.69) is 5.32 Å². The molecule has 8 nitrogen and oxygen atoms in total. The van der Waals surface area contributed by atoms with Crippen molar-refractivity contribution in [2.45, 2.75) is 12.5 Å². The summed E-state index contributed by atoms with van der Waals surface area (Å²) in [6.07, 6.45) is 0.223. The Balaban J connectivity index is 1.46. The Kier molecular flexibility index (Phi) is 5.16. The average Bonchev–Trinajstić information content (AvgIpc) is 3.12. The van der Waals surface area contributed by atoms with Crippen LogP contribution < -0.4 is 29.2 Å². The first-order valence-electron chi connectivity index (χ1n) is 9.31. The number of rotatable bonds is 5. The normalized spacial score (nSPS) is 17.8. The summed E-state index contributed by atoms with van der Waals surface area (Å²) in [4.78, 5) is 26.9. The lowest BCUT2D eigenvalue weighted by molar-refractivity contribution is -0.117. The number of hydrogen-bond donors (Lipinski definition) is 1. The first kappa shape index (κ1) is 18.9. The second-order valence-electron chi connectivity index (χ2n) is 6.81. The largest absolute Gasteiger partial charge is 0.497 e. The Labute approximate surface area is 168 Å². The van der Waals surface area contributed by atoms with Crippen LogP contribution >= 0.6 is 0 Å². The van der Waals surface area contributed by atoms with Crippen LogP contribution in [0.3, 0.4) is 0 Å². The van der Waals surface area contributed by atoms with Crippen molar-refractivity contribution < 1.29 is 28.5 Å². The molecule has 1 atom stereocenters. The Morgan fingerprint density at radius 1 is 1.03 bits per heavy atom. The molecule has 1 fully saturated rings. The molecule has 152 valence electrons. The quantitative estimate of drug-likeness (QED) is 0.829. The maximum absolute atomic E-state index is 12.7. The zero-order valence-electron chi connectivity index (χ0n) is 16.3. The summed E-state index contributed by atoms with van der Waals surface area (Å²) in [7, 11) is 3.05. The third-order valence-electron chi connectivity index (χ3n) is 4.91. The highest BCUT2D eigenvalue weighted by Gasteiger charge is 2.32. The lowest BCUT2D eigenvalue weighted by Gasteiger charge is -2.22. The third kappa shape index (κ3) is 3.91. The van der Waals surface area contributed by atoms with E-state index in [1.165, 1.54) is 14.2 Å². The average molecular weight is 398 g/mol. The van der Waals surface area contributed by atoms with Crippen molar-refractivity contribution in [3.63, 3.8) is 0 Å². The molecule has 1 N–H and O–H groups in total. The van der Waals surface area contributed by atoms with Crippen molar-refractivity contribution in [2.24, 2.45) is 0 Å². The lowest BCUT2D eigenvalue weighted by Crippen LogP contribution is -2.37. The van der Waals surface area contributed by atoms with Gasteiger partial charge < -0.3 is 29.2 Å². The summed E-state index contributed by atoms with van der Waals surface area (Å²) in [5, 5.41) is 2.92. The molecule has 4 rings (SSSR count). The molecule has 0 aromatic heterocycles. The van der Waals surface area contributed by atoms with Crippen LogP contribution in [0.25, 0.3) is 0 Å². The fourth-order valence-corrected chi connectivity index (χ4v) is 3.46. The van der Waals surface area contributed by atoms with Crippen molar-refractivity contribution in [1.29, 1.82) is 0 Å². The first-order valence-corrected chi connectivity index (χ1v) is 9.31. The molecule has 2 amide bonds. The van der Waals surface area contributed by atoms with E-state index in [4.69, 9.17) is 18.9 Å². The van der Waals surface area contributed by atoms with Crippen LogP contribution in [0.5, 0.6) is 23.0 Å². The minimum absolute atomic E-state index is 0.0600. The van der Waals surface area contributed by atoms with E-state index in [-0.39, 0.29) is 24.3 Å². The maximum atomic E-state index is 12.7. The van der Waals surface area contributed by atoms with Crippen molar-refractivity contribution in [1.82, 2.24) is 5.32 Å². The Bertz CT molecular complexity index is 923. The van der Waals surface area contributed by atoms with Crippen LogP contribution in [-0.2, 0) is 4.79 Å². The number of anilines is 1. The van der Waals surface area contributed by atoms with Crippen molar-refractivity contribution in [3.8, 4) is 23.0 Å². The summed E-state index contributed by atoms with van der Waals surface area (Å²) in [5.74, 6) is 1.99. The molecule has 0 radical (unpaired) electrons. The maximum Gasteiger partial charge on any atom is 0.251 e. The molecule has 2 aliphatic rings. The van der Waals surface area contributed by atoms with Gasteiger partial charge in [-0.15, -0.1) is 0 Å². The first-order chi connectivity index (χ1) is 14.1. The summed E-state index contributed by atoms with van der Waals surface area (Å²) in [6, 6.07) is 10.1.